The number of nitrogens with zero attached hydrogens (tertiary/aromatic N) is 4. The normalized spacial score (nSPS) is 1.78. The van der Waals surface area contributed by atoms with Crippen LogP contribution < -0.4 is 0 Å². The van der Waals surface area contributed by atoms with Gasteiger partial charge in [0.1, 0.15) is 0 Å². The van der Waals surface area contributed by atoms with Crippen LogP contribution in [0, 0.1) is 19.6 Å². The average Bonchev–Trinajstić information content (AvgIpc) is 2.03. The Bertz CT molecular complexity index is 20.5. The van der Waals surface area contributed by atoms with Crippen molar-refractivity contribution in [1.29, 1.82) is 0 Å². The molecule has 0 bridgehead atoms. The Kier molecular flexibility index (Phi) is 1030. The first-order chi connectivity index (χ1) is 4.00. The van der Waals surface area contributed by atoms with Crippen molar-refractivity contribution in [2.75, 3.05) is 0 Å². The van der Waals surface area contributed by atoms with E-state index in [1.807, 2.05) is 0 Å². The molecule has 9 heavy (non-hydrogen) atoms. The van der Waals surface area contributed by atoms with Gasteiger partial charge in [-0.1, -0.05) is 0 Å². The number of hydrogen-bond acceptors (Lipinski definition) is 4. The number of hydrogen-bond donors (Lipinski definition) is 0. The van der Waals surface area contributed by atoms with E-state index in [4.69, 9.17) is 42.0 Å². The molecule has 0 saturated heterocycles. The van der Waals surface area contributed by atoms with E-state index in [1.54, 1.807) is 0 Å². The molecular weight excluding hydrogens is 176 g/mol. The second-order valence-corrected chi connectivity index (χ2v) is 0. The minimum absolute atomic E-state index is 0. The summed E-state index contributed by atoms with van der Waals surface area (Å²) in [6.07, 6.45) is 0. The fourth-order valence-electron chi connectivity index (χ4n) is 0. The Balaban J connectivity index is -0.00000000762. The first kappa shape index (κ1) is 44.5. The van der Waals surface area contributed by atoms with E-state index in [0.717, 1.165) is 0 Å². The van der Waals surface area contributed by atoms with E-state index in [0.29, 0.717) is 0 Å². The average molecular weight is 176 g/mol. The van der Waals surface area contributed by atoms with Crippen molar-refractivity contribution in [1.82, 2.24) is 0 Å². The Labute approximate surface area is 59.9 Å². The fraction of sp³-hybridized carbons (Fsp3) is 0. The van der Waals surface area contributed by atoms with Gasteiger partial charge in [0.05, 0.1) is 0 Å². The van der Waals surface area contributed by atoms with Gasteiger partial charge in [0.2, 0.25) is 0 Å². The molecule has 0 spiro atoms. The molecule has 9 heteroatoms. The van der Waals surface area contributed by atoms with Gasteiger partial charge in [-0.2, -0.15) is 0 Å². The molecule has 0 aliphatic rings. The predicted molar refractivity (Wildman–Crippen MR) is 26.9 cm³/mol. The molecule has 0 atom stereocenters. The van der Waals surface area contributed by atoms with Crippen LogP contribution in [0.4, 0.5) is 0 Å². The number of nitroso groups, excluding NO2 is 4. The van der Waals surface area contributed by atoms with Gasteiger partial charge < -0.3 is 42.0 Å². The molecular formula is FeN4O4. The topological polar surface area (TPSA) is 157 Å². The molecule has 0 radical (unpaired) electrons. The smallest absolute Gasteiger partial charge is 0.577 e. The van der Waals surface area contributed by atoms with Crippen LogP contribution in [-0.4, -0.2) is 0 Å². The molecule has 0 heterocycles. The molecule has 0 aromatic carbocycles. The van der Waals surface area contributed by atoms with Crippen LogP contribution in [0.15, 0.2) is 0 Å². The second kappa shape index (κ2) is 208. The maximum Gasteiger partial charge on any atom is 4.00 e. The van der Waals surface area contributed by atoms with Crippen molar-refractivity contribution in [3.05, 3.63) is 42.0 Å². The molecule has 0 unspecified atom stereocenters. The van der Waals surface area contributed by atoms with Crippen molar-refractivity contribution in [3.8, 4) is 0 Å². The van der Waals surface area contributed by atoms with Gasteiger partial charge >= 0.3 is 17.1 Å². The molecule has 0 aliphatic carbocycles. The summed E-state index contributed by atoms with van der Waals surface area (Å²) in [7, 11) is 0. The summed E-state index contributed by atoms with van der Waals surface area (Å²) >= 11 is 0. The standard InChI is InChI=1S/Fe.4NO/c;4*1-2/q+4;4*-1. The fourth-order valence-corrected chi connectivity index (χ4v) is 0. The van der Waals surface area contributed by atoms with Crippen LogP contribution in [0.1, 0.15) is 0 Å². The van der Waals surface area contributed by atoms with Crippen LogP contribution in [0.2, 0.25) is 0 Å². The second-order valence-electron chi connectivity index (χ2n) is 0. The van der Waals surface area contributed by atoms with Crippen LogP contribution in [-0.2, 0) is 17.1 Å². The third kappa shape index (κ3) is 143. The maximum atomic E-state index is 7.25. The van der Waals surface area contributed by atoms with Crippen LogP contribution in [0.5, 0.6) is 0 Å². The van der Waals surface area contributed by atoms with Crippen LogP contribution in [0.25, 0.3) is 22.4 Å². The zero-order valence-corrected chi connectivity index (χ0v) is 4.88. The molecule has 52 valence electrons. The first-order valence-electron chi connectivity index (χ1n) is 0.730. The molecule has 8 nitrogen and oxygen atoms in total. The molecule has 0 fully saturated rings. The SMILES string of the molecule is [Fe+4].[N-]=O.[N-]=O.[N-]=O.[N-]=O. The van der Waals surface area contributed by atoms with Gasteiger partial charge in [-0.05, 0) is 0 Å². The Morgan fingerprint density at radius 3 is 0.444 bits per heavy atom. The maximum absolute atomic E-state index is 7.25. The van der Waals surface area contributed by atoms with Crippen molar-refractivity contribution >= 4 is 0 Å². The molecule has 0 aromatic heterocycles. The summed E-state index contributed by atoms with van der Waals surface area (Å²) in [6, 6.07) is 0. The summed E-state index contributed by atoms with van der Waals surface area (Å²) in [5.74, 6) is 0. The summed E-state index contributed by atoms with van der Waals surface area (Å²) < 4.78 is 0. The Morgan fingerprint density at radius 1 is 0.444 bits per heavy atom. The van der Waals surface area contributed by atoms with Crippen molar-refractivity contribution in [2.24, 2.45) is 0 Å². The Hall–Kier alpha value is -1.08. The zero-order valence-electron chi connectivity index (χ0n) is 3.78. The molecule has 0 aliphatic heterocycles. The van der Waals surface area contributed by atoms with Crippen molar-refractivity contribution < 1.29 is 17.1 Å². The van der Waals surface area contributed by atoms with Crippen molar-refractivity contribution in [2.45, 2.75) is 0 Å². The molecule has 0 N–H and O–H groups in total. The van der Waals surface area contributed by atoms with E-state index < -0.39 is 0 Å². The van der Waals surface area contributed by atoms with Crippen LogP contribution >= 0.6 is 0 Å². The molecule has 0 amide bonds. The molecule has 0 aromatic rings. The van der Waals surface area contributed by atoms with Crippen LogP contribution in [0.3, 0.4) is 0 Å². The molecule has 0 rings (SSSR count). The van der Waals surface area contributed by atoms with Gasteiger partial charge in [0.15, 0.2) is 0 Å². The quantitative estimate of drug-likeness (QED) is 0.508. The third-order valence-electron chi connectivity index (χ3n) is 0. The van der Waals surface area contributed by atoms with E-state index in [1.165, 1.54) is 0 Å². The zero-order chi connectivity index (χ0) is 8.00. The summed E-state index contributed by atoms with van der Waals surface area (Å²) in [5, 5.41) is 0. The van der Waals surface area contributed by atoms with Gasteiger partial charge in [-0.15, -0.1) is 0 Å². The van der Waals surface area contributed by atoms with E-state index in [9.17, 15) is 0 Å². The van der Waals surface area contributed by atoms with Gasteiger partial charge in [0.25, 0.3) is 0 Å². The van der Waals surface area contributed by atoms with E-state index >= 15 is 0 Å². The summed E-state index contributed by atoms with van der Waals surface area (Å²) in [4.78, 5) is 29.0. The third-order valence-corrected chi connectivity index (χ3v) is 0. The predicted octanol–water partition coefficient (Wildman–Crippen LogP) is 1.29. The monoisotopic (exact) mass is 176 g/mol. The van der Waals surface area contributed by atoms with Crippen molar-refractivity contribution in [3.63, 3.8) is 0 Å². The number of rotatable bonds is 0. The Morgan fingerprint density at radius 2 is 0.444 bits per heavy atom. The van der Waals surface area contributed by atoms with E-state index in [2.05, 4.69) is 0 Å². The summed E-state index contributed by atoms with van der Waals surface area (Å²) in [6.45, 7) is 0. The van der Waals surface area contributed by atoms with E-state index in [-0.39, 0.29) is 17.1 Å². The minimum atomic E-state index is 0. The molecule has 0 saturated carbocycles. The van der Waals surface area contributed by atoms with Gasteiger partial charge in [-0.25, -0.2) is 0 Å². The van der Waals surface area contributed by atoms with Gasteiger partial charge in [0, 0.05) is 0 Å². The summed E-state index contributed by atoms with van der Waals surface area (Å²) in [5.41, 5.74) is 23.0. The minimum Gasteiger partial charge on any atom is -0.577 e. The largest absolute Gasteiger partial charge is 4.00 e. The van der Waals surface area contributed by atoms with Gasteiger partial charge in [-0.3, -0.25) is 0 Å². The first-order valence-corrected chi connectivity index (χ1v) is 0.730.